The Bertz CT molecular complexity index is 449. The van der Waals surface area contributed by atoms with Crippen molar-refractivity contribution in [1.29, 1.82) is 0 Å². The zero-order chi connectivity index (χ0) is 15.8. The molecular weight excluding hydrogens is 258 g/mol. The summed E-state index contributed by atoms with van der Waals surface area (Å²) in [6, 6.07) is 8.30. The van der Waals surface area contributed by atoms with Crippen molar-refractivity contribution in [3.05, 3.63) is 41.5 Å². The standard InChI is InChI=1S/C19H29NO/c1-6-16-7-9-17(10-8-16)11-12-19(21)20-13-18(14(2)3)15(4)5/h7-12,14-15,18H,6,13H2,1-5H3,(H,20,21)/b12-11+. The predicted octanol–water partition coefficient (Wildman–Crippen LogP) is 4.31. The lowest BCUT2D eigenvalue weighted by Crippen LogP contribution is -2.32. The van der Waals surface area contributed by atoms with E-state index in [1.165, 1.54) is 5.56 Å². The minimum atomic E-state index is -0.0131. The number of carbonyl (C=O) groups is 1. The first-order valence-corrected chi connectivity index (χ1v) is 7.98. The molecule has 0 saturated carbocycles. The molecule has 0 atom stereocenters. The van der Waals surface area contributed by atoms with Gasteiger partial charge in [0.05, 0.1) is 0 Å². The van der Waals surface area contributed by atoms with Crippen LogP contribution in [0.2, 0.25) is 0 Å². The molecule has 0 radical (unpaired) electrons. The Morgan fingerprint density at radius 2 is 1.67 bits per heavy atom. The second-order valence-corrected chi connectivity index (χ2v) is 6.33. The Hall–Kier alpha value is -1.57. The monoisotopic (exact) mass is 287 g/mol. The van der Waals surface area contributed by atoms with Crippen LogP contribution in [0.15, 0.2) is 30.3 Å². The number of nitrogens with one attached hydrogen (secondary N) is 1. The van der Waals surface area contributed by atoms with Crippen LogP contribution in [0.5, 0.6) is 0 Å². The van der Waals surface area contributed by atoms with Crippen LogP contribution in [0.1, 0.15) is 45.7 Å². The van der Waals surface area contributed by atoms with E-state index in [0.717, 1.165) is 18.5 Å². The van der Waals surface area contributed by atoms with Crippen molar-refractivity contribution in [3.8, 4) is 0 Å². The van der Waals surface area contributed by atoms with E-state index in [0.29, 0.717) is 17.8 Å². The molecule has 0 aromatic heterocycles. The van der Waals surface area contributed by atoms with Gasteiger partial charge < -0.3 is 5.32 Å². The van der Waals surface area contributed by atoms with Gasteiger partial charge in [0.2, 0.25) is 5.91 Å². The van der Waals surface area contributed by atoms with Crippen LogP contribution in [-0.2, 0) is 11.2 Å². The van der Waals surface area contributed by atoms with Crippen molar-refractivity contribution in [2.75, 3.05) is 6.54 Å². The third kappa shape index (κ3) is 6.16. The molecule has 0 spiro atoms. The zero-order valence-electron chi connectivity index (χ0n) is 14.0. The topological polar surface area (TPSA) is 29.1 Å². The van der Waals surface area contributed by atoms with Gasteiger partial charge in [0, 0.05) is 12.6 Å². The summed E-state index contributed by atoms with van der Waals surface area (Å²) in [6.45, 7) is 11.7. The normalized spacial score (nSPS) is 11.8. The molecule has 0 heterocycles. The quantitative estimate of drug-likeness (QED) is 0.744. The summed E-state index contributed by atoms with van der Waals surface area (Å²) in [4.78, 5) is 11.9. The molecule has 2 nitrogen and oxygen atoms in total. The SMILES string of the molecule is CCc1ccc(/C=C/C(=O)NCC(C(C)C)C(C)C)cc1. The first kappa shape index (κ1) is 17.5. The van der Waals surface area contributed by atoms with Crippen molar-refractivity contribution >= 4 is 12.0 Å². The van der Waals surface area contributed by atoms with Crippen LogP contribution < -0.4 is 5.32 Å². The Morgan fingerprint density at radius 1 is 1.10 bits per heavy atom. The van der Waals surface area contributed by atoms with Crippen LogP contribution in [-0.4, -0.2) is 12.5 Å². The van der Waals surface area contributed by atoms with Crippen molar-refractivity contribution in [3.63, 3.8) is 0 Å². The fourth-order valence-corrected chi connectivity index (χ4v) is 2.55. The maximum absolute atomic E-state index is 11.9. The van der Waals surface area contributed by atoms with Gasteiger partial charge in [0.25, 0.3) is 0 Å². The molecule has 21 heavy (non-hydrogen) atoms. The highest BCUT2D eigenvalue weighted by molar-refractivity contribution is 5.91. The highest BCUT2D eigenvalue weighted by Gasteiger charge is 2.17. The molecule has 1 amide bonds. The predicted molar refractivity (Wildman–Crippen MR) is 91.0 cm³/mol. The number of benzene rings is 1. The molecule has 0 fully saturated rings. The van der Waals surface area contributed by atoms with Gasteiger partial charge in [0.15, 0.2) is 0 Å². The lowest BCUT2D eigenvalue weighted by molar-refractivity contribution is -0.116. The largest absolute Gasteiger partial charge is 0.352 e. The van der Waals surface area contributed by atoms with Gasteiger partial charge in [-0.1, -0.05) is 58.9 Å². The molecule has 0 saturated heterocycles. The molecular formula is C19H29NO. The number of amides is 1. The number of aryl methyl sites for hydroxylation is 1. The lowest BCUT2D eigenvalue weighted by atomic mass is 9.85. The summed E-state index contributed by atoms with van der Waals surface area (Å²) < 4.78 is 0. The molecule has 1 aromatic rings. The van der Waals surface area contributed by atoms with E-state index in [4.69, 9.17) is 0 Å². The van der Waals surface area contributed by atoms with Gasteiger partial charge in [-0.15, -0.1) is 0 Å². The number of hydrogen-bond donors (Lipinski definition) is 1. The first-order valence-electron chi connectivity index (χ1n) is 7.98. The molecule has 1 rings (SSSR count). The van der Waals surface area contributed by atoms with Crippen LogP contribution in [0, 0.1) is 17.8 Å². The van der Waals surface area contributed by atoms with Crippen molar-refractivity contribution in [2.24, 2.45) is 17.8 Å². The molecule has 1 N–H and O–H groups in total. The summed E-state index contributed by atoms with van der Waals surface area (Å²) in [5.41, 5.74) is 2.37. The van der Waals surface area contributed by atoms with E-state index >= 15 is 0 Å². The Labute approximate surface area is 129 Å². The van der Waals surface area contributed by atoms with Crippen LogP contribution in [0.4, 0.5) is 0 Å². The molecule has 116 valence electrons. The van der Waals surface area contributed by atoms with Crippen molar-refractivity contribution in [2.45, 2.75) is 41.0 Å². The van der Waals surface area contributed by atoms with Gasteiger partial charge in [-0.25, -0.2) is 0 Å². The molecule has 0 aliphatic rings. The Balaban J connectivity index is 2.50. The van der Waals surface area contributed by atoms with Crippen LogP contribution >= 0.6 is 0 Å². The Kier molecular flexibility index (Phi) is 7.21. The maximum Gasteiger partial charge on any atom is 0.244 e. The van der Waals surface area contributed by atoms with Gasteiger partial charge >= 0.3 is 0 Å². The van der Waals surface area contributed by atoms with Crippen molar-refractivity contribution in [1.82, 2.24) is 5.32 Å². The second-order valence-electron chi connectivity index (χ2n) is 6.33. The van der Waals surface area contributed by atoms with Gasteiger partial charge in [-0.05, 0) is 41.4 Å². The molecule has 0 unspecified atom stereocenters. The second kappa shape index (κ2) is 8.66. The summed E-state index contributed by atoms with van der Waals surface area (Å²) in [5.74, 6) is 1.67. The molecule has 1 aromatic carbocycles. The fourth-order valence-electron chi connectivity index (χ4n) is 2.55. The van der Waals surface area contributed by atoms with Gasteiger partial charge in [-0.2, -0.15) is 0 Å². The van der Waals surface area contributed by atoms with E-state index in [-0.39, 0.29) is 5.91 Å². The number of carbonyl (C=O) groups excluding carboxylic acids is 1. The van der Waals surface area contributed by atoms with Crippen molar-refractivity contribution < 1.29 is 4.79 Å². The average molecular weight is 287 g/mol. The summed E-state index contributed by atoms with van der Waals surface area (Å²) in [6.07, 6.45) is 4.53. The smallest absolute Gasteiger partial charge is 0.244 e. The van der Waals surface area contributed by atoms with Gasteiger partial charge in [0.1, 0.15) is 0 Å². The summed E-state index contributed by atoms with van der Waals surface area (Å²) in [5, 5.41) is 3.01. The molecule has 0 aliphatic carbocycles. The number of hydrogen-bond acceptors (Lipinski definition) is 1. The zero-order valence-corrected chi connectivity index (χ0v) is 14.0. The van der Waals surface area contributed by atoms with Crippen LogP contribution in [0.3, 0.4) is 0 Å². The molecule has 0 bridgehead atoms. The van der Waals surface area contributed by atoms with E-state index in [1.807, 2.05) is 18.2 Å². The third-order valence-electron chi connectivity index (χ3n) is 4.04. The van der Waals surface area contributed by atoms with E-state index in [1.54, 1.807) is 6.08 Å². The molecule has 0 aliphatic heterocycles. The minimum absolute atomic E-state index is 0.0131. The highest BCUT2D eigenvalue weighted by atomic mass is 16.1. The summed E-state index contributed by atoms with van der Waals surface area (Å²) >= 11 is 0. The lowest BCUT2D eigenvalue weighted by Gasteiger charge is -2.24. The summed E-state index contributed by atoms with van der Waals surface area (Å²) in [7, 11) is 0. The molecule has 2 heteroatoms. The van der Waals surface area contributed by atoms with E-state index < -0.39 is 0 Å². The van der Waals surface area contributed by atoms with Crippen LogP contribution in [0.25, 0.3) is 6.08 Å². The first-order chi connectivity index (χ1) is 9.93. The maximum atomic E-state index is 11.9. The highest BCUT2D eigenvalue weighted by Crippen LogP contribution is 2.19. The number of rotatable bonds is 7. The third-order valence-corrected chi connectivity index (χ3v) is 4.04. The van der Waals surface area contributed by atoms with E-state index in [2.05, 4.69) is 52.1 Å². The minimum Gasteiger partial charge on any atom is -0.352 e. The fraction of sp³-hybridized carbons (Fsp3) is 0.526. The Morgan fingerprint density at radius 3 is 2.14 bits per heavy atom. The average Bonchev–Trinajstić information content (AvgIpc) is 2.45. The van der Waals surface area contributed by atoms with E-state index in [9.17, 15) is 4.79 Å². The van der Waals surface area contributed by atoms with Gasteiger partial charge in [-0.3, -0.25) is 4.79 Å².